The minimum atomic E-state index is -5.12. The zero-order valence-corrected chi connectivity index (χ0v) is 36.7. The summed E-state index contributed by atoms with van der Waals surface area (Å²) in [6, 6.07) is 0. The minimum absolute atomic E-state index is 0.0916. The third-order valence-corrected chi connectivity index (χ3v) is 11.5. The van der Waals surface area contributed by atoms with E-state index in [4.69, 9.17) is 18.5 Å². The fourth-order valence-corrected chi connectivity index (χ4v) is 7.78. The smallest absolute Gasteiger partial charge is 0.462 e. The third kappa shape index (κ3) is 27.2. The first-order chi connectivity index (χ1) is 27.9. The lowest BCUT2D eigenvalue weighted by Crippen LogP contribution is -2.64. The molecule has 0 spiro atoms. The molecule has 0 radical (unpaired) electrons. The number of aliphatic hydroxyl groups is 5. The van der Waals surface area contributed by atoms with Crippen LogP contribution >= 0.6 is 7.82 Å². The van der Waals surface area contributed by atoms with Crippen LogP contribution in [0.4, 0.5) is 0 Å². The van der Waals surface area contributed by atoms with Gasteiger partial charge in [-0.2, -0.15) is 0 Å². The normalized spacial score (nSPS) is 22.7. The molecule has 0 amide bonds. The molecule has 0 aromatic rings. The highest BCUT2D eigenvalue weighted by molar-refractivity contribution is 7.47. The van der Waals surface area contributed by atoms with Crippen LogP contribution in [0.3, 0.4) is 0 Å². The van der Waals surface area contributed by atoms with Crippen molar-refractivity contribution in [3.63, 3.8) is 0 Å². The lowest BCUT2D eigenvalue weighted by atomic mass is 9.85. The molecule has 0 aromatic heterocycles. The van der Waals surface area contributed by atoms with Gasteiger partial charge in [0.05, 0.1) is 6.61 Å². The molecule has 8 atom stereocenters. The second-order valence-electron chi connectivity index (χ2n) is 15.9. The zero-order valence-electron chi connectivity index (χ0n) is 35.8. The van der Waals surface area contributed by atoms with E-state index >= 15 is 0 Å². The van der Waals surface area contributed by atoms with Crippen LogP contribution in [0.2, 0.25) is 0 Å². The molecule has 6 N–H and O–H groups in total. The second-order valence-corrected chi connectivity index (χ2v) is 17.3. The summed E-state index contributed by atoms with van der Waals surface area (Å²) in [6.07, 6.45) is 23.8. The van der Waals surface area contributed by atoms with Crippen LogP contribution in [-0.2, 0) is 32.7 Å². The number of rotatable bonds is 37. The summed E-state index contributed by atoms with van der Waals surface area (Å²) in [5.74, 6) is -1.11. The maximum atomic E-state index is 12.8. The predicted octanol–water partition coefficient (Wildman–Crippen LogP) is 8.45. The molecule has 1 aliphatic carbocycles. The van der Waals surface area contributed by atoms with Gasteiger partial charge in [-0.05, 0) is 64.2 Å². The number of hydrogen-bond acceptors (Lipinski definition) is 12. The number of carbonyl (C=O) groups is 2. The van der Waals surface area contributed by atoms with Crippen molar-refractivity contribution in [3.05, 3.63) is 24.3 Å². The molecule has 58 heavy (non-hydrogen) atoms. The first-order valence-electron chi connectivity index (χ1n) is 22.6. The Kier molecular flexibility index (Phi) is 32.8. The average Bonchev–Trinajstić information content (AvgIpc) is 3.20. The van der Waals surface area contributed by atoms with Gasteiger partial charge in [-0.25, -0.2) is 4.57 Å². The van der Waals surface area contributed by atoms with E-state index in [0.717, 1.165) is 70.6 Å². The van der Waals surface area contributed by atoms with Crippen LogP contribution in [0.15, 0.2) is 24.3 Å². The SMILES string of the molecule is CCCCC/C=C\CCCCCCCC(=O)OC[C@H](COP(=O)(O)OC1C(O)C(O)C(O)[C@@H](O)C1O)OC(=O)CCCCCCCCC/C=C\CCCCCCCC. The lowest BCUT2D eigenvalue weighted by molar-refractivity contribution is -0.220. The molecule has 1 aliphatic rings. The van der Waals surface area contributed by atoms with Crippen LogP contribution in [-0.4, -0.2) is 98.3 Å². The van der Waals surface area contributed by atoms with E-state index in [1.165, 1.54) is 77.0 Å². The van der Waals surface area contributed by atoms with Gasteiger partial charge in [-0.15, -0.1) is 0 Å². The molecular formula is C44H81O13P. The van der Waals surface area contributed by atoms with Crippen LogP contribution in [0.25, 0.3) is 0 Å². The van der Waals surface area contributed by atoms with Gasteiger partial charge < -0.3 is 39.9 Å². The van der Waals surface area contributed by atoms with E-state index in [0.29, 0.717) is 12.8 Å². The van der Waals surface area contributed by atoms with E-state index in [-0.39, 0.29) is 12.8 Å². The largest absolute Gasteiger partial charge is 0.472 e. The first kappa shape index (κ1) is 54.3. The Labute approximate surface area is 349 Å². The van der Waals surface area contributed by atoms with Crippen LogP contribution < -0.4 is 0 Å². The molecule has 6 unspecified atom stereocenters. The molecule has 13 nitrogen and oxygen atoms in total. The summed E-state index contributed by atoms with van der Waals surface area (Å²) in [5.41, 5.74) is 0. The van der Waals surface area contributed by atoms with Crippen molar-refractivity contribution in [3.8, 4) is 0 Å². The van der Waals surface area contributed by atoms with Gasteiger partial charge in [0, 0.05) is 12.8 Å². The number of carbonyl (C=O) groups excluding carboxylic acids is 2. The van der Waals surface area contributed by atoms with Crippen LogP contribution in [0.5, 0.6) is 0 Å². The fraction of sp³-hybridized carbons (Fsp3) is 0.864. The summed E-state index contributed by atoms with van der Waals surface area (Å²) < 4.78 is 33.5. The Morgan fingerprint density at radius 1 is 0.517 bits per heavy atom. The maximum absolute atomic E-state index is 12.8. The predicted molar refractivity (Wildman–Crippen MR) is 226 cm³/mol. The van der Waals surface area contributed by atoms with Crippen molar-refractivity contribution >= 4 is 19.8 Å². The van der Waals surface area contributed by atoms with E-state index < -0.39 is 75.7 Å². The van der Waals surface area contributed by atoms with Crippen molar-refractivity contribution < 1.29 is 63.1 Å². The van der Waals surface area contributed by atoms with Gasteiger partial charge in [0.2, 0.25) is 0 Å². The second kappa shape index (κ2) is 35.0. The molecule has 1 saturated carbocycles. The number of ether oxygens (including phenoxy) is 2. The van der Waals surface area contributed by atoms with E-state index in [2.05, 4.69) is 38.2 Å². The van der Waals surface area contributed by atoms with Crippen molar-refractivity contribution in [1.29, 1.82) is 0 Å². The quantitative estimate of drug-likeness (QED) is 0.0150. The topological polar surface area (TPSA) is 210 Å². The van der Waals surface area contributed by atoms with Gasteiger partial charge in [-0.3, -0.25) is 18.6 Å². The lowest BCUT2D eigenvalue weighted by Gasteiger charge is -2.41. The highest BCUT2D eigenvalue weighted by Gasteiger charge is 2.51. The number of aliphatic hydroxyl groups excluding tert-OH is 5. The Bertz CT molecular complexity index is 1120. The van der Waals surface area contributed by atoms with Gasteiger partial charge in [-0.1, -0.05) is 134 Å². The number of unbranched alkanes of at least 4 members (excludes halogenated alkanes) is 21. The van der Waals surface area contributed by atoms with Gasteiger partial charge in [0.1, 0.15) is 43.2 Å². The Morgan fingerprint density at radius 3 is 1.34 bits per heavy atom. The molecule has 0 bridgehead atoms. The van der Waals surface area contributed by atoms with Crippen LogP contribution in [0.1, 0.15) is 187 Å². The zero-order chi connectivity index (χ0) is 42.9. The molecule has 1 fully saturated rings. The van der Waals surface area contributed by atoms with Crippen molar-refractivity contribution in [2.24, 2.45) is 0 Å². The number of allylic oxidation sites excluding steroid dienone is 4. The summed E-state index contributed by atoms with van der Waals surface area (Å²) in [5, 5.41) is 50.1. The van der Waals surface area contributed by atoms with E-state index in [9.17, 15) is 44.6 Å². The molecular weight excluding hydrogens is 767 g/mol. The molecule has 0 saturated heterocycles. The van der Waals surface area contributed by atoms with Crippen LogP contribution in [0, 0.1) is 0 Å². The molecule has 0 aromatic carbocycles. The van der Waals surface area contributed by atoms with Gasteiger partial charge >= 0.3 is 19.8 Å². The first-order valence-corrected chi connectivity index (χ1v) is 24.1. The van der Waals surface area contributed by atoms with Crippen molar-refractivity contribution in [1.82, 2.24) is 0 Å². The number of esters is 2. The fourth-order valence-electron chi connectivity index (χ4n) is 6.81. The summed E-state index contributed by atoms with van der Waals surface area (Å²) in [7, 11) is -5.12. The van der Waals surface area contributed by atoms with Gasteiger partial charge in [0.15, 0.2) is 6.10 Å². The van der Waals surface area contributed by atoms with E-state index in [1.54, 1.807) is 0 Å². The third-order valence-electron chi connectivity index (χ3n) is 10.5. The Hall–Kier alpha value is -1.67. The molecule has 0 heterocycles. The van der Waals surface area contributed by atoms with Gasteiger partial charge in [0.25, 0.3) is 0 Å². The summed E-state index contributed by atoms with van der Waals surface area (Å²) >= 11 is 0. The molecule has 1 rings (SSSR count). The van der Waals surface area contributed by atoms with E-state index in [1.807, 2.05) is 0 Å². The highest BCUT2D eigenvalue weighted by atomic mass is 31.2. The van der Waals surface area contributed by atoms with Crippen molar-refractivity contribution in [2.75, 3.05) is 13.2 Å². The minimum Gasteiger partial charge on any atom is -0.462 e. The number of phosphoric acid groups is 1. The summed E-state index contributed by atoms with van der Waals surface area (Å²) in [6.45, 7) is 3.25. The Balaban J connectivity index is 2.47. The number of hydrogen-bond donors (Lipinski definition) is 6. The monoisotopic (exact) mass is 849 g/mol. The number of phosphoric ester groups is 1. The standard InChI is InChI=1S/C44H81O13P/c1-3-5-7-9-11-13-15-17-18-19-20-21-23-25-27-29-31-33-38(46)56-36(34-54-37(45)32-30-28-26-24-22-16-14-12-10-8-6-4-2)35-55-58(52,53)57-44-42(50)40(48)39(47)41(49)43(44)51/h12,14,17-18,36,39-44,47-51H,3-11,13,15-16,19-35H2,1-2H3,(H,52,53)/b14-12-,18-17-/t36-,39?,40-,41?,42?,43?,44?/m1/s1. The molecule has 14 heteroatoms. The van der Waals surface area contributed by atoms with Crippen molar-refractivity contribution in [2.45, 2.75) is 230 Å². The Morgan fingerprint density at radius 2 is 0.879 bits per heavy atom. The summed E-state index contributed by atoms with van der Waals surface area (Å²) in [4.78, 5) is 35.6. The molecule has 340 valence electrons. The molecule has 0 aliphatic heterocycles. The average molecular weight is 849 g/mol. The maximum Gasteiger partial charge on any atom is 0.472 e. The highest BCUT2D eigenvalue weighted by Crippen LogP contribution is 2.47.